The number of hydrogen-bond donors (Lipinski definition) is 3. The molecule has 3 aliphatic carbocycles. The molecule has 3 N–H and O–H groups in total. The predicted octanol–water partition coefficient (Wildman–Crippen LogP) is 2.67. The fourth-order valence-electron chi connectivity index (χ4n) is 5.24. The molecule has 1 saturated carbocycles. The van der Waals surface area contributed by atoms with Gasteiger partial charge in [-0.15, -0.1) is 0 Å². The van der Waals surface area contributed by atoms with Crippen molar-refractivity contribution in [2.45, 2.75) is 25.4 Å². The van der Waals surface area contributed by atoms with Crippen LogP contribution >= 0.6 is 0 Å². The number of anilines is 1. The minimum atomic E-state index is -0.853. The van der Waals surface area contributed by atoms with E-state index in [-0.39, 0.29) is 53.5 Å². The van der Waals surface area contributed by atoms with Crippen LogP contribution in [0.15, 0.2) is 60.8 Å². The number of aromatic hydroxyl groups is 1. The van der Waals surface area contributed by atoms with Crippen LogP contribution in [0.25, 0.3) is 0 Å². The molecule has 8 nitrogen and oxygen atoms in total. The van der Waals surface area contributed by atoms with E-state index in [1.165, 1.54) is 17.2 Å². The van der Waals surface area contributed by atoms with Gasteiger partial charge in [0, 0.05) is 12.6 Å². The molecule has 1 aromatic heterocycles. The molecule has 0 unspecified atom stereocenters. The van der Waals surface area contributed by atoms with Gasteiger partial charge in [0.1, 0.15) is 6.17 Å². The minimum absolute atomic E-state index is 0.00144. The van der Waals surface area contributed by atoms with Crippen molar-refractivity contribution >= 4 is 23.7 Å². The van der Waals surface area contributed by atoms with Gasteiger partial charge in [-0.25, -0.2) is 9.78 Å². The Balaban J connectivity index is 1.41. The van der Waals surface area contributed by atoms with Crippen LogP contribution in [0.2, 0.25) is 0 Å². The Bertz CT molecular complexity index is 1050. The molecule has 4 aliphatic rings. The van der Waals surface area contributed by atoms with Gasteiger partial charge in [0.05, 0.1) is 11.8 Å². The quantitative estimate of drug-likeness (QED) is 0.497. The van der Waals surface area contributed by atoms with Gasteiger partial charge in [0.2, 0.25) is 11.8 Å². The van der Waals surface area contributed by atoms with E-state index in [1.54, 1.807) is 6.07 Å². The molecule has 8 heteroatoms. The van der Waals surface area contributed by atoms with Crippen LogP contribution < -0.4 is 10.6 Å². The number of hydrogen-bond acceptors (Lipinski definition) is 5. The molecule has 2 aromatic rings. The van der Waals surface area contributed by atoms with Crippen LogP contribution in [-0.2, 0) is 16.0 Å². The maximum absolute atomic E-state index is 13.4. The zero-order valence-electron chi connectivity index (χ0n) is 17.3. The highest BCUT2D eigenvalue weighted by Crippen LogP contribution is 2.50. The standard InChI is InChI=1S/C24H24N4O4/c29-17-7-4-12-25-21(17)27-24(32)26-18(13-14-5-2-1-3-6-14)28-22(30)19-15-8-9-16(11-10-15)20(19)23(28)31/h1-9,12,15-16,18-20,29H,10-11,13H2,(H2,25,26,27,32)/t15-,16-,18-,19+,20+/m0/s1. The monoisotopic (exact) mass is 432 g/mol. The van der Waals surface area contributed by atoms with Crippen molar-refractivity contribution in [2.24, 2.45) is 23.7 Å². The fourth-order valence-corrected chi connectivity index (χ4v) is 5.24. The fraction of sp³-hybridized carbons (Fsp3) is 0.333. The molecule has 2 bridgehead atoms. The molecule has 5 atom stereocenters. The van der Waals surface area contributed by atoms with Gasteiger partial charge in [0.25, 0.3) is 0 Å². The van der Waals surface area contributed by atoms with Gasteiger partial charge in [-0.05, 0) is 42.4 Å². The molecular weight excluding hydrogens is 408 g/mol. The maximum Gasteiger partial charge on any atom is 0.322 e. The van der Waals surface area contributed by atoms with E-state index < -0.39 is 12.2 Å². The zero-order chi connectivity index (χ0) is 22.2. The van der Waals surface area contributed by atoms with Gasteiger partial charge < -0.3 is 10.4 Å². The number of nitrogens with one attached hydrogen (secondary N) is 2. The highest BCUT2D eigenvalue weighted by atomic mass is 16.3. The highest BCUT2D eigenvalue weighted by molar-refractivity contribution is 6.06. The maximum atomic E-state index is 13.4. The lowest BCUT2D eigenvalue weighted by molar-refractivity contribution is -0.143. The summed E-state index contributed by atoms with van der Waals surface area (Å²) in [6.45, 7) is 0. The number of pyridine rings is 1. The second-order valence-electron chi connectivity index (χ2n) is 8.56. The Morgan fingerprint density at radius 1 is 1.03 bits per heavy atom. The van der Waals surface area contributed by atoms with Crippen LogP contribution in [0.1, 0.15) is 18.4 Å². The number of imide groups is 1. The first kappa shape index (κ1) is 20.2. The van der Waals surface area contributed by atoms with E-state index in [4.69, 9.17) is 0 Å². The number of likely N-dealkylation sites (tertiary alicyclic amines) is 1. The number of benzene rings is 1. The lowest BCUT2D eigenvalue weighted by atomic mass is 9.63. The average Bonchev–Trinajstić information content (AvgIpc) is 3.09. The molecule has 2 heterocycles. The van der Waals surface area contributed by atoms with Gasteiger partial charge >= 0.3 is 6.03 Å². The molecule has 1 saturated heterocycles. The number of aromatic nitrogens is 1. The summed E-state index contributed by atoms with van der Waals surface area (Å²) < 4.78 is 0. The summed E-state index contributed by atoms with van der Waals surface area (Å²) in [6, 6.07) is 11.7. The Hall–Kier alpha value is -3.68. The molecule has 32 heavy (non-hydrogen) atoms. The van der Waals surface area contributed by atoms with Gasteiger partial charge in [-0.1, -0.05) is 42.5 Å². The third-order valence-electron chi connectivity index (χ3n) is 6.69. The van der Waals surface area contributed by atoms with Crippen molar-refractivity contribution < 1.29 is 19.5 Å². The molecule has 164 valence electrons. The lowest BCUT2D eigenvalue weighted by Gasteiger charge is -2.38. The number of allylic oxidation sites excluding steroid dienone is 2. The van der Waals surface area contributed by atoms with Crippen LogP contribution in [0, 0.1) is 23.7 Å². The summed E-state index contributed by atoms with van der Waals surface area (Å²) in [5.74, 6) is -1.18. The van der Waals surface area contributed by atoms with Crippen LogP contribution in [0.5, 0.6) is 5.75 Å². The molecule has 1 aliphatic heterocycles. The van der Waals surface area contributed by atoms with E-state index in [0.717, 1.165) is 18.4 Å². The lowest BCUT2D eigenvalue weighted by Crippen LogP contribution is -2.53. The summed E-state index contributed by atoms with van der Waals surface area (Å²) in [4.78, 5) is 44.8. The van der Waals surface area contributed by atoms with Crippen molar-refractivity contribution in [2.75, 3.05) is 5.32 Å². The Morgan fingerprint density at radius 2 is 1.69 bits per heavy atom. The first-order chi connectivity index (χ1) is 15.5. The summed E-state index contributed by atoms with van der Waals surface area (Å²) >= 11 is 0. The van der Waals surface area contributed by atoms with E-state index in [2.05, 4.69) is 27.8 Å². The van der Waals surface area contributed by atoms with Crippen molar-refractivity contribution in [1.82, 2.24) is 15.2 Å². The summed E-state index contributed by atoms with van der Waals surface area (Å²) in [6.07, 6.45) is 6.82. The number of urea groups is 1. The van der Waals surface area contributed by atoms with Crippen molar-refractivity contribution in [3.05, 3.63) is 66.4 Å². The molecule has 0 spiro atoms. The Labute approximate surface area is 185 Å². The van der Waals surface area contributed by atoms with E-state index in [9.17, 15) is 19.5 Å². The van der Waals surface area contributed by atoms with Crippen LogP contribution in [0.3, 0.4) is 0 Å². The molecule has 2 fully saturated rings. The first-order valence-electron chi connectivity index (χ1n) is 10.8. The minimum Gasteiger partial charge on any atom is -0.504 e. The second-order valence-corrected chi connectivity index (χ2v) is 8.56. The Kier molecular flexibility index (Phi) is 5.13. The molecule has 1 aromatic carbocycles. The first-order valence-corrected chi connectivity index (χ1v) is 10.8. The largest absolute Gasteiger partial charge is 0.504 e. The summed E-state index contributed by atoms with van der Waals surface area (Å²) in [5, 5.41) is 15.2. The SMILES string of the molecule is O=C(Nc1ncccc1O)N[C@H](Cc1ccccc1)N1C(=O)[C@H]2[C@H](C1=O)[C@H]1C=C[C@H]2CC1. The van der Waals surface area contributed by atoms with Crippen molar-refractivity contribution in [3.8, 4) is 5.75 Å². The van der Waals surface area contributed by atoms with Crippen molar-refractivity contribution in [1.29, 1.82) is 0 Å². The highest BCUT2D eigenvalue weighted by Gasteiger charge is 2.58. The van der Waals surface area contributed by atoms with Gasteiger partial charge in [0.15, 0.2) is 11.6 Å². The number of rotatable bonds is 5. The van der Waals surface area contributed by atoms with E-state index >= 15 is 0 Å². The predicted molar refractivity (Wildman–Crippen MR) is 116 cm³/mol. The second kappa shape index (κ2) is 8.11. The average molecular weight is 432 g/mol. The van der Waals surface area contributed by atoms with E-state index in [0.29, 0.717) is 0 Å². The van der Waals surface area contributed by atoms with Crippen molar-refractivity contribution in [3.63, 3.8) is 0 Å². The number of fused-ring (bicyclic) bond motifs is 1. The Morgan fingerprint density at radius 3 is 2.28 bits per heavy atom. The molecular formula is C24H24N4O4. The molecule has 0 radical (unpaired) electrons. The third kappa shape index (κ3) is 3.51. The zero-order valence-corrected chi connectivity index (χ0v) is 17.3. The number of carbonyl (C=O) groups is 3. The number of nitrogens with zero attached hydrogens (tertiary/aromatic N) is 2. The number of carbonyl (C=O) groups excluding carboxylic acids is 3. The molecule has 4 amide bonds. The van der Waals surface area contributed by atoms with Crippen LogP contribution in [0.4, 0.5) is 10.6 Å². The molecule has 6 rings (SSSR count). The number of amides is 4. The van der Waals surface area contributed by atoms with Gasteiger partial charge in [-0.3, -0.25) is 19.8 Å². The smallest absolute Gasteiger partial charge is 0.322 e. The summed E-state index contributed by atoms with van der Waals surface area (Å²) in [7, 11) is 0. The van der Waals surface area contributed by atoms with Crippen LogP contribution in [-0.4, -0.2) is 39.0 Å². The normalized spacial score (nSPS) is 26.7. The third-order valence-corrected chi connectivity index (χ3v) is 6.69. The topological polar surface area (TPSA) is 112 Å². The van der Waals surface area contributed by atoms with Gasteiger partial charge in [-0.2, -0.15) is 0 Å². The summed E-state index contributed by atoms with van der Waals surface area (Å²) in [5.41, 5.74) is 0.884. The van der Waals surface area contributed by atoms with E-state index in [1.807, 2.05) is 30.3 Å².